The number of rotatable bonds is 4. The zero-order chi connectivity index (χ0) is 14.5. The lowest BCUT2D eigenvalue weighted by Gasteiger charge is -2.22. The van der Waals surface area contributed by atoms with Crippen LogP contribution in [0.25, 0.3) is 0 Å². The Hall–Kier alpha value is -0.810. The maximum atomic E-state index is 12.3. The summed E-state index contributed by atoms with van der Waals surface area (Å²) in [6.07, 6.45) is 1.87. The molecular formula is C16H27Cl2N3O. The maximum absolute atomic E-state index is 12.3. The fourth-order valence-corrected chi connectivity index (χ4v) is 2.59. The Morgan fingerprint density at radius 3 is 2.50 bits per heavy atom. The van der Waals surface area contributed by atoms with Gasteiger partial charge in [0.15, 0.2) is 0 Å². The topological polar surface area (TPSA) is 44.4 Å². The van der Waals surface area contributed by atoms with Crippen molar-refractivity contribution in [2.45, 2.75) is 26.3 Å². The summed E-state index contributed by atoms with van der Waals surface area (Å²) >= 11 is 0. The number of benzene rings is 1. The van der Waals surface area contributed by atoms with Crippen LogP contribution < -0.4 is 10.6 Å². The van der Waals surface area contributed by atoms with Crippen LogP contribution >= 0.6 is 24.8 Å². The average molecular weight is 348 g/mol. The van der Waals surface area contributed by atoms with Gasteiger partial charge in [0.25, 0.3) is 0 Å². The summed E-state index contributed by atoms with van der Waals surface area (Å²) in [7, 11) is 4.10. The summed E-state index contributed by atoms with van der Waals surface area (Å²) in [5, 5.41) is 6.40. The molecular weight excluding hydrogens is 321 g/mol. The second kappa shape index (κ2) is 10.1. The minimum absolute atomic E-state index is 0. The number of piperidine rings is 1. The van der Waals surface area contributed by atoms with Gasteiger partial charge in [-0.05, 0) is 64.1 Å². The highest BCUT2D eigenvalue weighted by atomic mass is 35.5. The molecule has 0 radical (unpaired) electrons. The van der Waals surface area contributed by atoms with Gasteiger partial charge in [0.1, 0.15) is 0 Å². The Morgan fingerprint density at radius 2 is 1.91 bits per heavy atom. The normalized spacial score (nSPS) is 14.9. The van der Waals surface area contributed by atoms with Crippen molar-refractivity contribution in [2.75, 3.05) is 32.5 Å². The second-order valence-electron chi connectivity index (χ2n) is 5.90. The molecule has 1 fully saturated rings. The van der Waals surface area contributed by atoms with Crippen LogP contribution in [0.1, 0.15) is 24.0 Å². The van der Waals surface area contributed by atoms with Gasteiger partial charge in [-0.25, -0.2) is 0 Å². The zero-order valence-corrected chi connectivity index (χ0v) is 15.1. The Morgan fingerprint density at radius 1 is 1.27 bits per heavy atom. The Labute approximate surface area is 145 Å². The minimum atomic E-state index is 0. The molecule has 0 atom stereocenters. The number of nitrogens with zero attached hydrogens (tertiary/aromatic N) is 1. The van der Waals surface area contributed by atoms with Crippen molar-refractivity contribution < 1.29 is 4.79 Å². The first kappa shape index (κ1) is 21.2. The molecule has 1 amide bonds. The fourth-order valence-electron chi connectivity index (χ4n) is 2.59. The van der Waals surface area contributed by atoms with E-state index in [0.29, 0.717) is 0 Å². The number of halogens is 2. The predicted octanol–water partition coefficient (Wildman–Crippen LogP) is 2.84. The van der Waals surface area contributed by atoms with Crippen molar-refractivity contribution >= 4 is 36.4 Å². The summed E-state index contributed by atoms with van der Waals surface area (Å²) in [6, 6.07) is 6.29. The van der Waals surface area contributed by atoms with Crippen LogP contribution in [0.2, 0.25) is 0 Å². The Balaban J connectivity index is 0.00000220. The summed E-state index contributed by atoms with van der Waals surface area (Å²) < 4.78 is 0. The van der Waals surface area contributed by atoms with E-state index in [-0.39, 0.29) is 36.6 Å². The molecule has 4 nitrogen and oxygen atoms in total. The number of hydrogen-bond acceptors (Lipinski definition) is 3. The van der Waals surface area contributed by atoms with Gasteiger partial charge in [-0.15, -0.1) is 24.8 Å². The first-order valence-corrected chi connectivity index (χ1v) is 7.32. The lowest BCUT2D eigenvalue weighted by molar-refractivity contribution is -0.120. The quantitative estimate of drug-likeness (QED) is 0.880. The summed E-state index contributed by atoms with van der Waals surface area (Å²) in [6.45, 7) is 4.81. The largest absolute Gasteiger partial charge is 0.326 e. The molecule has 1 aromatic carbocycles. The van der Waals surface area contributed by atoms with Crippen molar-refractivity contribution in [3.8, 4) is 0 Å². The third-order valence-electron chi connectivity index (χ3n) is 3.77. The molecule has 1 aliphatic heterocycles. The first-order valence-electron chi connectivity index (χ1n) is 7.32. The molecule has 1 heterocycles. The average Bonchev–Trinajstić information content (AvgIpc) is 2.43. The fraction of sp³-hybridized carbons (Fsp3) is 0.562. The maximum Gasteiger partial charge on any atom is 0.227 e. The molecule has 2 rings (SSSR count). The molecule has 1 aliphatic rings. The summed E-state index contributed by atoms with van der Waals surface area (Å²) in [4.78, 5) is 14.4. The van der Waals surface area contributed by atoms with Crippen LogP contribution in [0, 0.1) is 12.8 Å². The lowest BCUT2D eigenvalue weighted by atomic mass is 9.97. The van der Waals surface area contributed by atoms with E-state index in [1.807, 2.05) is 21.0 Å². The van der Waals surface area contributed by atoms with Crippen LogP contribution in [-0.2, 0) is 11.3 Å². The van der Waals surface area contributed by atoms with Crippen molar-refractivity contribution in [2.24, 2.45) is 5.92 Å². The Kier molecular flexibility index (Phi) is 9.69. The van der Waals surface area contributed by atoms with E-state index < -0.39 is 0 Å². The molecule has 0 aromatic heterocycles. The number of nitrogens with one attached hydrogen (secondary N) is 2. The van der Waals surface area contributed by atoms with Gasteiger partial charge in [-0.1, -0.05) is 12.1 Å². The molecule has 0 bridgehead atoms. The summed E-state index contributed by atoms with van der Waals surface area (Å²) in [5.41, 5.74) is 3.30. The SMILES string of the molecule is Cc1ccc(CN(C)C)cc1NC(=O)C1CCNCC1.Cl.Cl. The van der Waals surface area contributed by atoms with Gasteiger partial charge >= 0.3 is 0 Å². The number of amides is 1. The number of carbonyl (C=O) groups excluding carboxylic acids is 1. The second-order valence-corrected chi connectivity index (χ2v) is 5.90. The van der Waals surface area contributed by atoms with Gasteiger partial charge < -0.3 is 15.5 Å². The van der Waals surface area contributed by atoms with E-state index in [1.54, 1.807) is 0 Å². The van der Waals surface area contributed by atoms with Crippen molar-refractivity contribution in [1.82, 2.24) is 10.2 Å². The molecule has 0 spiro atoms. The monoisotopic (exact) mass is 347 g/mol. The molecule has 22 heavy (non-hydrogen) atoms. The van der Waals surface area contributed by atoms with Crippen molar-refractivity contribution in [3.05, 3.63) is 29.3 Å². The van der Waals surface area contributed by atoms with Gasteiger partial charge in [0.05, 0.1) is 0 Å². The molecule has 1 aromatic rings. The number of anilines is 1. The molecule has 0 aliphatic carbocycles. The van der Waals surface area contributed by atoms with Crippen LogP contribution in [0.3, 0.4) is 0 Å². The first-order chi connectivity index (χ1) is 9.56. The predicted molar refractivity (Wildman–Crippen MR) is 97.3 cm³/mol. The molecule has 6 heteroatoms. The lowest BCUT2D eigenvalue weighted by Crippen LogP contribution is -2.34. The van der Waals surface area contributed by atoms with E-state index in [2.05, 4.69) is 33.7 Å². The van der Waals surface area contributed by atoms with Crippen LogP contribution in [0.4, 0.5) is 5.69 Å². The standard InChI is InChI=1S/C16H25N3O.2ClH/c1-12-4-5-13(11-19(2)3)10-15(12)18-16(20)14-6-8-17-9-7-14;;/h4-5,10,14,17H,6-9,11H2,1-3H3,(H,18,20);2*1H. The van der Waals surface area contributed by atoms with Crippen LogP contribution in [0.15, 0.2) is 18.2 Å². The zero-order valence-electron chi connectivity index (χ0n) is 13.5. The highest BCUT2D eigenvalue weighted by molar-refractivity contribution is 5.93. The molecule has 0 unspecified atom stereocenters. The van der Waals surface area contributed by atoms with Crippen LogP contribution in [0.5, 0.6) is 0 Å². The Bertz CT molecular complexity index is 474. The number of hydrogen-bond donors (Lipinski definition) is 2. The van der Waals surface area contributed by atoms with E-state index in [0.717, 1.165) is 43.7 Å². The third kappa shape index (κ3) is 6.13. The molecule has 1 saturated heterocycles. The van der Waals surface area contributed by atoms with Crippen molar-refractivity contribution in [3.63, 3.8) is 0 Å². The smallest absolute Gasteiger partial charge is 0.227 e. The van der Waals surface area contributed by atoms with E-state index >= 15 is 0 Å². The minimum Gasteiger partial charge on any atom is -0.326 e. The number of carbonyl (C=O) groups is 1. The molecule has 0 saturated carbocycles. The highest BCUT2D eigenvalue weighted by Gasteiger charge is 2.21. The van der Waals surface area contributed by atoms with E-state index in [9.17, 15) is 4.79 Å². The molecule has 126 valence electrons. The van der Waals surface area contributed by atoms with Crippen LogP contribution in [-0.4, -0.2) is 38.0 Å². The van der Waals surface area contributed by atoms with Crippen molar-refractivity contribution in [1.29, 1.82) is 0 Å². The molecule has 2 N–H and O–H groups in total. The van der Waals surface area contributed by atoms with Gasteiger partial charge in [0.2, 0.25) is 5.91 Å². The van der Waals surface area contributed by atoms with Gasteiger partial charge in [-0.3, -0.25) is 4.79 Å². The van der Waals surface area contributed by atoms with E-state index in [4.69, 9.17) is 0 Å². The number of aryl methyl sites for hydroxylation is 1. The summed E-state index contributed by atoms with van der Waals surface area (Å²) in [5.74, 6) is 0.310. The van der Waals surface area contributed by atoms with E-state index in [1.165, 1.54) is 5.56 Å². The highest BCUT2D eigenvalue weighted by Crippen LogP contribution is 2.20. The van der Waals surface area contributed by atoms with Gasteiger partial charge in [0, 0.05) is 18.2 Å². The third-order valence-corrected chi connectivity index (χ3v) is 3.77. The van der Waals surface area contributed by atoms with Gasteiger partial charge in [-0.2, -0.15) is 0 Å².